The molecule has 36 heavy (non-hydrogen) atoms. The van der Waals surface area contributed by atoms with Gasteiger partial charge in [-0.1, -0.05) is 36.2 Å². The van der Waals surface area contributed by atoms with Crippen LogP contribution in [-0.2, 0) is 9.53 Å². The Labute approximate surface area is 218 Å². The molecule has 0 aliphatic rings. The fourth-order valence-electron chi connectivity index (χ4n) is 3.35. The number of halogens is 1. The maximum absolute atomic E-state index is 13.1. The molecule has 0 radical (unpaired) electrons. The van der Waals surface area contributed by atoms with Gasteiger partial charge in [0.05, 0.1) is 5.39 Å². The number of amides is 1. The first-order chi connectivity index (χ1) is 16.9. The third-order valence-electron chi connectivity index (χ3n) is 5.38. The molecule has 2 aromatic carbocycles. The van der Waals surface area contributed by atoms with Gasteiger partial charge in [-0.15, -0.1) is 0 Å². The number of aryl methyl sites for hydroxylation is 1. The van der Waals surface area contributed by atoms with Gasteiger partial charge in [-0.2, -0.15) is 0 Å². The normalized spacial score (nSPS) is 13.1. The van der Waals surface area contributed by atoms with Crippen molar-refractivity contribution >= 4 is 39.0 Å². The van der Waals surface area contributed by atoms with Crippen molar-refractivity contribution in [2.24, 2.45) is 5.92 Å². The molecule has 0 saturated carbocycles. The number of hydrogen-bond acceptors (Lipinski definition) is 7. The van der Waals surface area contributed by atoms with Crippen LogP contribution in [0.1, 0.15) is 46.8 Å². The van der Waals surface area contributed by atoms with E-state index in [4.69, 9.17) is 18.6 Å². The van der Waals surface area contributed by atoms with Crippen LogP contribution in [0.15, 0.2) is 56.1 Å². The second-order valence-corrected chi connectivity index (χ2v) is 10.4. The summed E-state index contributed by atoms with van der Waals surface area (Å²) in [4.78, 5) is 38.3. The Bertz CT molecular complexity index is 1310. The van der Waals surface area contributed by atoms with Gasteiger partial charge in [0.15, 0.2) is 0 Å². The molecule has 3 rings (SSSR count). The number of carbonyl (C=O) groups excluding carboxylic acids is 2. The van der Waals surface area contributed by atoms with E-state index in [-0.39, 0.29) is 39.6 Å². The maximum atomic E-state index is 13.1. The molecule has 1 N–H and O–H groups in total. The zero-order valence-corrected chi connectivity index (χ0v) is 22.7. The van der Waals surface area contributed by atoms with Crippen LogP contribution in [0.5, 0.6) is 17.2 Å². The second-order valence-electron chi connectivity index (χ2n) is 9.46. The SMILES string of the molecule is CC[C@@H](C)[C@H](NC(=O)OC(C)(C)C)C(=O)Oc1ccc2c(=O)c(Oc3ccc(Br)cc3)c(C)oc2c1. The highest BCUT2D eigenvalue weighted by molar-refractivity contribution is 9.10. The van der Waals surface area contributed by atoms with Gasteiger partial charge in [0.25, 0.3) is 0 Å². The van der Waals surface area contributed by atoms with Crippen LogP contribution < -0.4 is 20.2 Å². The minimum atomic E-state index is -0.920. The molecule has 0 saturated heterocycles. The smallest absolute Gasteiger partial charge is 0.408 e. The van der Waals surface area contributed by atoms with E-state index < -0.39 is 23.7 Å². The predicted octanol–water partition coefficient (Wildman–Crippen LogP) is 6.50. The number of nitrogens with one attached hydrogen (secondary N) is 1. The lowest BCUT2D eigenvalue weighted by Gasteiger charge is -2.25. The molecule has 9 heteroatoms. The van der Waals surface area contributed by atoms with Crippen molar-refractivity contribution in [2.75, 3.05) is 0 Å². The van der Waals surface area contributed by atoms with Crippen molar-refractivity contribution in [3.8, 4) is 17.2 Å². The van der Waals surface area contributed by atoms with Crippen LogP contribution in [-0.4, -0.2) is 23.7 Å². The molecule has 0 aliphatic heterocycles. The van der Waals surface area contributed by atoms with Crippen molar-refractivity contribution < 1.29 is 28.2 Å². The lowest BCUT2D eigenvalue weighted by Crippen LogP contribution is -2.48. The molecule has 1 heterocycles. The first kappa shape index (κ1) is 27.3. The lowest BCUT2D eigenvalue weighted by molar-refractivity contribution is -0.138. The molecular formula is C27H30BrNO7. The van der Waals surface area contributed by atoms with E-state index in [1.165, 1.54) is 18.2 Å². The number of ether oxygens (including phenoxy) is 3. The molecule has 1 amide bonds. The zero-order valence-electron chi connectivity index (χ0n) is 21.1. The topological polar surface area (TPSA) is 104 Å². The summed E-state index contributed by atoms with van der Waals surface area (Å²) in [6.45, 7) is 10.6. The molecule has 8 nitrogen and oxygen atoms in total. The van der Waals surface area contributed by atoms with Crippen LogP contribution in [0, 0.1) is 12.8 Å². The van der Waals surface area contributed by atoms with Gasteiger partial charge in [0.1, 0.15) is 34.5 Å². The van der Waals surface area contributed by atoms with Gasteiger partial charge < -0.3 is 23.9 Å². The number of hydrogen-bond donors (Lipinski definition) is 1. The molecule has 0 bridgehead atoms. The van der Waals surface area contributed by atoms with Crippen molar-refractivity contribution in [1.82, 2.24) is 5.32 Å². The summed E-state index contributed by atoms with van der Waals surface area (Å²) in [6, 6.07) is 10.6. The Hall–Kier alpha value is -3.33. The summed E-state index contributed by atoms with van der Waals surface area (Å²) in [6.07, 6.45) is -0.0779. The van der Waals surface area contributed by atoms with E-state index in [1.54, 1.807) is 52.0 Å². The van der Waals surface area contributed by atoms with Crippen LogP contribution in [0.3, 0.4) is 0 Å². The van der Waals surface area contributed by atoms with E-state index >= 15 is 0 Å². The number of esters is 1. The van der Waals surface area contributed by atoms with Gasteiger partial charge in [-0.3, -0.25) is 4.79 Å². The van der Waals surface area contributed by atoms with E-state index in [0.29, 0.717) is 12.2 Å². The Balaban J connectivity index is 1.83. The van der Waals surface area contributed by atoms with Gasteiger partial charge in [0, 0.05) is 10.5 Å². The number of fused-ring (bicyclic) bond motifs is 1. The molecule has 3 aromatic rings. The fourth-order valence-corrected chi connectivity index (χ4v) is 3.62. The monoisotopic (exact) mass is 559 g/mol. The summed E-state index contributed by atoms with van der Waals surface area (Å²) < 4.78 is 23.3. The van der Waals surface area contributed by atoms with Crippen LogP contribution in [0.25, 0.3) is 11.0 Å². The Morgan fingerprint density at radius 3 is 2.33 bits per heavy atom. The number of rotatable bonds is 7. The minimum absolute atomic E-state index is 0.0768. The predicted molar refractivity (Wildman–Crippen MR) is 140 cm³/mol. The van der Waals surface area contributed by atoms with Gasteiger partial charge in [0.2, 0.25) is 11.2 Å². The van der Waals surface area contributed by atoms with Crippen molar-refractivity contribution in [2.45, 2.75) is 59.6 Å². The van der Waals surface area contributed by atoms with E-state index in [1.807, 2.05) is 13.8 Å². The number of carbonyl (C=O) groups is 2. The Morgan fingerprint density at radius 2 is 1.72 bits per heavy atom. The van der Waals surface area contributed by atoms with Gasteiger partial charge in [-0.05, 0) is 70.0 Å². The van der Waals surface area contributed by atoms with Crippen molar-refractivity contribution in [1.29, 1.82) is 0 Å². The van der Waals surface area contributed by atoms with Crippen LogP contribution in [0.4, 0.5) is 4.79 Å². The molecule has 1 aromatic heterocycles. The van der Waals surface area contributed by atoms with Crippen molar-refractivity contribution in [3.63, 3.8) is 0 Å². The minimum Gasteiger partial charge on any atom is -0.457 e. The molecule has 0 spiro atoms. The summed E-state index contributed by atoms with van der Waals surface area (Å²) in [5.74, 6) is 0.173. The van der Waals surface area contributed by atoms with E-state index in [0.717, 1.165) is 4.47 Å². The third-order valence-corrected chi connectivity index (χ3v) is 5.91. The molecule has 192 valence electrons. The van der Waals surface area contributed by atoms with Gasteiger partial charge in [-0.25, -0.2) is 9.59 Å². The Kier molecular flexibility index (Phi) is 8.45. The third kappa shape index (κ3) is 6.87. The van der Waals surface area contributed by atoms with Crippen molar-refractivity contribution in [3.05, 3.63) is 62.9 Å². The first-order valence-corrected chi connectivity index (χ1v) is 12.4. The first-order valence-electron chi connectivity index (χ1n) is 11.6. The largest absolute Gasteiger partial charge is 0.457 e. The average molecular weight is 560 g/mol. The molecule has 0 aliphatic carbocycles. The van der Waals surface area contributed by atoms with E-state index in [9.17, 15) is 14.4 Å². The van der Waals surface area contributed by atoms with E-state index in [2.05, 4.69) is 21.2 Å². The van der Waals surface area contributed by atoms with Crippen LogP contribution in [0.2, 0.25) is 0 Å². The standard InChI is InChI=1S/C27H30BrNO7/c1-7-15(2)22(29-26(32)36-27(4,5)6)25(31)35-19-12-13-20-21(14-19)33-16(3)24(23(20)30)34-18-10-8-17(28)9-11-18/h8-15,22H,7H2,1-6H3,(H,29,32)/t15-,22+/m1/s1. The summed E-state index contributed by atoms with van der Waals surface area (Å²) >= 11 is 3.36. The maximum Gasteiger partial charge on any atom is 0.408 e. The Morgan fingerprint density at radius 1 is 1.08 bits per heavy atom. The molecular weight excluding hydrogens is 530 g/mol. The number of alkyl carbamates (subject to hydrolysis) is 1. The lowest BCUT2D eigenvalue weighted by atomic mass is 9.99. The van der Waals surface area contributed by atoms with Crippen LogP contribution >= 0.6 is 15.9 Å². The quantitative estimate of drug-likeness (QED) is 0.260. The molecule has 0 unspecified atom stereocenters. The second kappa shape index (κ2) is 11.2. The average Bonchev–Trinajstić information content (AvgIpc) is 2.79. The number of benzene rings is 2. The molecule has 2 atom stereocenters. The highest BCUT2D eigenvalue weighted by atomic mass is 79.9. The highest BCUT2D eigenvalue weighted by Gasteiger charge is 2.30. The zero-order chi connectivity index (χ0) is 26.6. The summed E-state index contributed by atoms with van der Waals surface area (Å²) in [5, 5.41) is 2.88. The highest BCUT2D eigenvalue weighted by Crippen LogP contribution is 2.28. The van der Waals surface area contributed by atoms with Gasteiger partial charge >= 0.3 is 12.1 Å². The summed E-state index contributed by atoms with van der Waals surface area (Å²) in [5.41, 5.74) is -0.813. The summed E-state index contributed by atoms with van der Waals surface area (Å²) in [7, 11) is 0. The molecule has 0 fully saturated rings. The fraction of sp³-hybridized carbons (Fsp3) is 0.370.